The van der Waals surface area contributed by atoms with Crippen LogP contribution in [0.25, 0.3) is 0 Å². The van der Waals surface area contributed by atoms with Crippen LogP contribution in [0, 0.1) is 6.92 Å². The number of hydrogen-bond donors (Lipinski definition) is 3. The maximum absolute atomic E-state index is 12.7. The zero-order chi connectivity index (χ0) is 18.8. The molecule has 2 aromatic carbocycles. The molecule has 0 fully saturated rings. The fourth-order valence-corrected chi connectivity index (χ4v) is 3.50. The van der Waals surface area contributed by atoms with E-state index in [4.69, 9.17) is 15.6 Å². The number of carbonyl (C=O) groups excluding carboxylic acids is 1. The Hall–Kier alpha value is -3.07. The summed E-state index contributed by atoms with van der Waals surface area (Å²) in [7, 11) is -2.78. The Morgan fingerprint density at radius 1 is 1.12 bits per heavy atom. The van der Waals surface area contributed by atoms with E-state index in [0.717, 1.165) is 6.07 Å². The minimum absolute atomic E-state index is 0.0129. The lowest BCUT2D eigenvalue weighted by atomic mass is 10.1. The molecule has 1 amide bonds. The quantitative estimate of drug-likeness (QED) is 0.712. The van der Waals surface area contributed by atoms with Crippen molar-refractivity contribution in [3.05, 3.63) is 53.1 Å². The SMILES string of the molecule is COc1ccc(C(N)=O)cc1NS(=O)(=O)c1cc(C(=O)O)ccc1C. The first kappa shape index (κ1) is 18.3. The van der Waals surface area contributed by atoms with Gasteiger partial charge in [-0.15, -0.1) is 0 Å². The molecule has 0 heterocycles. The van der Waals surface area contributed by atoms with Gasteiger partial charge in [-0.3, -0.25) is 9.52 Å². The van der Waals surface area contributed by atoms with Gasteiger partial charge in [0.2, 0.25) is 5.91 Å². The molecule has 2 aromatic rings. The third kappa shape index (κ3) is 3.89. The molecule has 0 aliphatic carbocycles. The van der Waals surface area contributed by atoms with Gasteiger partial charge in [0.1, 0.15) is 5.75 Å². The lowest BCUT2D eigenvalue weighted by Crippen LogP contribution is -2.17. The summed E-state index contributed by atoms with van der Waals surface area (Å²) in [6, 6.07) is 7.81. The number of nitrogens with one attached hydrogen (secondary N) is 1. The first-order valence-electron chi connectivity index (χ1n) is 7.00. The van der Waals surface area contributed by atoms with Gasteiger partial charge in [-0.1, -0.05) is 6.07 Å². The second kappa shape index (κ2) is 6.81. The highest BCUT2D eigenvalue weighted by Crippen LogP contribution is 2.29. The molecule has 2 rings (SSSR count). The zero-order valence-electron chi connectivity index (χ0n) is 13.4. The van der Waals surface area contributed by atoms with Crippen molar-refractivity contribution in [2.75, 3.05) is 11.8 Å². The van der Waals surface area contributed by atoms with Crippen molar-refractivity contribution in [3.8, 4) is 5.75 Å². The zero-order valence-corrected chi connectivity index (χ0v) is 14.3. The summed E-state index contributed by atoms with van der Waals surface area (Å²) in [5.74, 6) is -1.79. The molecule has 0 unspecified atom stereocenters. The molecule has 0 aliphatic rings. The molecule has 0 radical (unpaired) electrons. The molecule has 0 aromatic heterocycles. The van der Waals surface area contributed by atoms with Crippen molar-refractivity contribution >= 4 is 27.6 Å². The highest BCUT2D eigenvalue weighted by Gasteiger charge is 2.21. The standard InChI is InChI=1S/C16H16N2O6S/c1-9-3-4-11(16(20)21)8-14(9)25(22,23)18-12-7-10(15(17)19)5-6-13(12)24-2/h3-8,18H,1-2H3,(H2,17,19)(H,20,21). The fraction of sp³-hybridized carbons (Fsp3) is 0.125. The highest BCUT2D eigenvalue weighted by molar-refractivity contribution is 7.92. The van der Waals surface area contributed by atoms with Crippen LogP contribution in [-0.2, 0) is 10.0 Å². The molecule has 0 saturated carbocycles. The summed E-state index contributed by atoms with van der Waals surface area (Å²) in [4.78, 5) is 22.2. The van der Waals surface area contributed by atoms with E-state index in [2.05, 4.69) is 4.72 Å². The van der Waals surface area contributed by atoms with E-state index < -0.39 is 21.9 Å². The minimum Gasteiger partial charge on any atom is -0.495 e. The molecule has 0 spiro atoms. The monoisotopic (exact) mass is 364 g/mol. The Labute approximate surface area is 144 Å². The number of ether oxygens (including phenoxy) is 1. The van der Waals surface area contributed by atoms with Gasteiger partial charge < -0.3 is 15.6 Å². The summed E-state index contributed by atoms with van der Waals surface area (Å²) >= 11 is 0. The smallest absolute Gasteiger partial charge is 0.335 e. The lowest BCUT2D eigenvalue weighted by Gasteiger charge is -2.14. The first-order valence-corrected chi connectivity index (χ1v) is 8.48. The van der Waals surface area contributed by atoms with Crippen LogP contribution < -0.4 is 15.2 Å². The number of carboxylic acids is 1. The topological polar surface area (TPSA) is 136 Å². The molecular weight excluding hydrogens is 348 g/mol. The number of carboxylic acid groups (broad SMARTS) is 1. The molecule has 0 atom stereocenters. The molecule has 25 heavy (non-hydrogen) atoms. The van der Waals surface area contributed by atoms with E-state index in [9.17, 15) is 18.0 Å². The largest absolute Gasteiger partial charge is 0.495 e. The van der Waals surface area contributed by atoms with E-state index in [0.29, 0.717) is 5.56 Å². The maximum Gasteiger partial charge on any atom is 0.335 e. The molecule has 0 aliphatic heterocycles. The summed E-state index contributed by atoms with van der Waals surface area (Å²) in [5.41, 5.74) is 5.51. The number of amides is 1. The van der Waals surface area contributed by atoms with Crippen molar-refractivity contribution in [2.45, 2.75) is 11.8 Å². The average Bonchev–Trinajstić information content (AvgIpc) is 2.54. The number of primary amides is 1. The predicted octanol–water partition coefficient (Wildman–Crippen LogP) is 1.60. The predicted molar refractivity (Wildman–Crippen MR) is 90.5 cm³/mol. The van der Waals surface area contributed by atoms with Gasteiger partial charge in [0.15, 0.2) is 0 Å². The number of sulfonamides is 1. The minimum atomic E-state index is -4.12. The molecule has 0 saturated heterocycles. The number of carbonyl (C=O) groups is 2. The van der Waals surface area contributed by atoms with E-state index >= 15 is 0 Å². The number of benzene rings is 2. The maximum atomic E-state index is 12.7. The fourth-order valence-electron chi connectivity index (χ4n) is 2.16. The third-order valence-electron chi connectivity index (χ3n) is 3.45. The van der Waals surface area contributed by atoms with E-state index in [1.54, 1.807) is 0 Å². The van der Waals surface area contributed by atoms with Crippen molar-refractivity contribution < 1.29 is 27.9 Å². The number of aryl methyl sites for hydroxylation is 1. The van der Waals surface area contributed by atoms with Crippen LogP contribution in [0.5, 0.6) is 5.75 Å². The van der Waals surface area contributed by atoms with Gasteiger partial charge in [-0.25, -0.2) is 13.2 Å². The van der Waals surface area contributed by atoms with Crippen LogP contribution in [0.3, 0.4) is 0 Å². The van der Waals surface area contributed by atoms with Crippen molar-refractivity contribution in [1.82, 2.24) is 0 Å². The number of methoxy groups -OCH3 is 1. The van der Waals surface area contributed by atoms with Crippen LogP contribution in [0.4, 0.5) is 5.69 Å². The normalized spacial score (nSPS) is 11.0. The van der Waals surface area contributed by atoms with E-state index in [-0.39, 0.29) is 27.5 Å². The van der Waals surface area contributed by atoms with Crippen LogP contribution >= 0.6 is 0 Å². The van der Waals surface area contributed by atoms with Gasteiger partial charge in [-0.2, -0.15) is 0 Å². The van der Waals surface area contributed by atoms with Gasteiger partial charge >= 0.3 is 5.97 Å². The van der Waals surface area contributed by atoms with Crippen LogP contribution in [0.1, 0.15) is 26.3 Å². The summed E-state index contributed by atoms with van der Waals surface area (Å²) in [5, 5.41) is 9.05. The van der Waals surface area contributed by atoms with Crippen LogP contribution in [-0.4, -0.2) is 32.5 Å². The number of rotatable bonds is 6. The average molecular weight is 364 g/mol. The van der Waals surface area contributed by atoms with Gasteiger partial charge in [0, 0.05) is 5.56 Å². The van der Waals surface area contributed by atoms with Gasteiger partial charge in [0.25, 0.3) is 10.0 Å². The molecule has 8 nitrogen and oxygen atoms in total. The van der Waals surface area contributed by atoms with Crippen LogP contribution in [0.15, 0.2) is 41.3 Å². The number of anilines is 1. The third-order valence-corrected chi connectivity index (χ3v) is 4.96. The van der Waals surface area contributed by atoms with Gasteiger partial charge in [0.05, 0.1) is 23.3 Å². The highest BCUT2D eigenvalue weighted by atomic mass is 32.2. The Morgan fingerprint density at radius 3 is 2.32 bits per heavy atom. The second-order valence-corrected chi connectivity index (χ2v) is 6.82. The summed E-state index contributed by atoms with van der Waals surface area (Å²) in [6.07, 6.45) is 0. The van der Waals surface area contributed by atoms with Crippen molar-refractivity contribution in [2.24, 2.45) is 5.73 Å². The van der Waals surface area contributed by atoms with Crippen LogP contribution in [0.2, 0.25) is 0 Å². The van der Waals surface area contributed by atoms with E-state index in [1.165, 1.54) is 44.4 Å². The summed E-state index contributed by atoms with van der Waals surface area (Å²) in [6.45, 7) is 1.54. The van der Waals surface area contributed by atoms with Crippen molar-refractivity contribution in [1.29, 1.82) is 0 Å². The number of aromatic carboxylic acids is 1. The molecule has 132 valence electrons. The lowest BCUT2D eigenvalue weighted by molar-refractivity contribution is 0.0696. The molecule has 9 heteroatoms. The molecule has 0 bridgehead atoms. The first-order chi connectivity index (χ1) is 11.7. The van der Waals surface area contributed by atoms with E-state index in [1.807, 2.05) is 0 Å². The van der Waals surface area contributed by atoms with Gasteiger partial charge in [-0.05, 0) is 42.8 Å². The number of nitrogens with two attached hydrogens (primary N) is 1. The Bertz CT molecular complexity index is 953. The number of hydrogen-bond acceptors (Lipinski definition) is 5. The second-order valence-electron chi connectivity index (χ2n) is 5.17. The Balaban J connectivity index is 2.53. The molecule has 4 N–H and O–H groups in total. The molecular formula is C16H16N2O6S. The Morgan fingerprint density at radius 2 is 1.76 bits per heavy atom. The summed E-state index contributed by atoms with van der Waals surface area (Å²) < 4.78 is 32.7. The van der Waals surface area contributed by atoms with Crippen molar-refractivity contribution in [3.63, 3.8) is 0 Å². The Kier molecular flexibility index (Phi) is 4.98.